The maximum Gasteiger partial charge on any atom is 0.319 e. The quantitative estimate of drug-likeness (QED) is 0.767. The Morgan fingerprint density at radius 3 is 2.40 bits per heavy atom. The van der Waals surface area contributed by atoms with Crippen molar-refractivity contribution in [3.63, 3.8) is 0 Å². The van der Waals surface area contributed by atoms with Gasteiger partial charge in [-0.05, 0) is 64.3 Å². The maximum absolute atomic E-state index is 12.4. The predicted molar refractivity (Wildman–Crippen MR) is 100 cm³/mol. The number of ether oxygens (including phenoxy) is 1. The second-order valence-electron chi connectivity index (χ2n) is 7.70. The van der Waals surface area contributed by atoms with Crippen LogP contribution in [0.1, 0.15) is 52.9 Å². The van der Waals surface area contributed by atoms with Crippen molar-refractivity contribution in [2.75, 3.05) is 11.9 Å². The first-order valence-electron chi connectivity index (χ1n) is 9.73. The Hall–Kier alpha value is -1.75. The number of urea groups is 1. The Bertz CT molecular complexity index is 559. The van der Waals surface area contributed by atoms with Gasteiger partial charge in [0.1, 0.15) is 5.75 Å². The minimum absolute atomic E-state index is 0.0970. The second kappa shape index (κ2) is 8.09. The van der Waals surface area contributed by atoms with E-state index in [2.05, 4.69) is 24.5 Å². The van der Waals surface area contributed by atoms with Crippen LogP contribution in [-0.4, -0.2) is 36.8 Å². The zero-order valence-electron chi connectivity index (χ0n) is 15.7. The van der Waals surface area contributed by atoms with Crippen molar-refractivity contribution in [3.8, 4) is 5.75 Å². The first-order chi connectivity index (χ1) is 12.1. The van der Waals surface area contributed by atoms with Gasteiger partial charge in [-0.15, -0.1) is 0 Å². The first-order valence-corrected chi connectivity index (χ1v) is 9.73. The number of benzene rings is 1. The lowest BCUT2D eigenvalue weighted by Gasteiger charge is -2.47. The largest absolute Gasteiger partial charge is 0.494 e. The number of amides is 2. The number of hydrogen-bond donors (Lipinski definition) is 3. The molecule has 2 aliphatic heterocycles. The summed E-state index contributed by atoms with van der Waals surface area (Å²) in [5, 5.41) is 6.15. The topological polar surface area (TPSA) is 54.8 Å². The van der Waals surface area contributed by atoms with Crippen molar-refractivity contribution in [3.05, 3.63) is 24.3 Å². The number of piperidine rings is 2. The molecule has 5 heteroatoms. The molecule has 0 saturated carbocycles. The van der Waals surface area contributed by atoms with Crippen molar-refractivity contribution in [1.29, 1.82) is 0 Å². The molecule has 2 atom stereocenters. The van der Waals surface area contributed by atoms with E-state index in [1.54, 1.807) is 4.90 Å². The van der Waals surface area contributed by atoms with E-state index in [1.807, 2.05) is 31.2 Å². The normalized spacial score (nSPS) is 28.5. The Balaban J connectivity index is 1.53. The van der Waals surface area contributed by atoms with Crippen LogP contribution in [0.15, 0.2) is 24.3 Å². The van der Waals surface area contributed by atoms with E-state index in [9.17, 15) is 4.79 Å². The van der Waals surface area contributed by atoms with Crippen LogP contribution in [0.5, 0.6) is 5.75 Å². The molecule has 3 N–H and O–H groups in total. The molecule has 25 heavy (non-hydrogen) atoms. The average molecular weight is 346 g/mol. The number of carbonyl (C=O) groups is 1. The number of quaternary nitrogens is 1. The van der Waals surface area contributed by atoms with E-state index >= 15 is 0 Å². The maximum atomic E-state index is 12.4. The third-order valence-corrected chi connectivity index (χ3v) is 5.61. The van der Waals surface area contributed by atoms with E-state index < -0.39 is 0 Å². The fourth-order valence-electron chi connectivity index (χ4n) is 4.78. The molecule has 1 aromatic rings. The molecule has 0 spiro atoms. The standard InChI is InChI=1S/C20H31N3O2/c1-4-25-19-10-8-15(9-11-19)21-20(24)22-16-12-17-6-5-7-18(13-16)23(17)14(2)3/h8-11,14,16-18H,4-7,12-13H2,1-3H3,(H2,21,22,24)/p+1/t17-,18-/m1/s1. The highest BCUT2D eigenvalue weighted by atomic mass is 16.5. The molecule has 0 aromatic heterocycles. The number of nitrogens with one attached hydrogen (secondary N) is 3. The molecule has 0 radical (unpaired) electrons. The molecular formula is C20H32N3O2+. The Morgan fingerprint density at radius 1 is 1.20 bits per heavy atom. The third-order valence-electron chi connectivity index (χ3n) is 5.61. The van der Waals surface area contributed by atoms with Crippen molar-refractivity contribution in [2.24, 2.45) is 0 Å². The van der Waals surface area contributed by atoms with Gasteiger partial charge in [-0.1, -0.05) is 0 Å². The molecule has 5 nitrogen and oxygen atoms in total. The van der Waals surface area contributed by atoms with Crippen molar-refractivity contribution >= 4 is 11.7 Å². The van der Waals surface area contributed by atoms with Crippen molar-refractivity contribution in [2.45, 2.75) is 77.0 Å². The summed E-state index contributed by atoms with van der Waals surface area (Å²) in [6.07, 6.45) is 6.13. The monoisotopic (exact) mass is 346 g/mol. The Kier molecular flexibility index (Phi) is 5.84. The van der Waals surface area contributed by atoms with E-state index in [-0.39, 0.29) is 6.03 Å². The summed E-state index contributed by atoms with van der Waals surface area (Å²) in [5.41, 5.74) is 0.798. The first kappa shape index (κ1) is 18.1. The molecule has 2 amide bonds. The molecule has 3 rings (SSSR count). The van der Waals surface area contributed by atoms with Crippen LogP contribution in [0, 0.1) is 0 Å². The number of rotatable bonds is 5. The second-order valence-corrected chi connectivity index (χ2v) is 7.70. The van der Waals surface area contributed by atoms with Crippen molar-refractivity contribution < 1.29 is 14.4 Å². The predicted octanol–water partition coefficient (Wildman–Crippen LogP) is 2.58. The van der Waals surface area contributed by atoms with Crippen LogP contribution < -0.4 is 20.3 Å². The molecular weight excluding hydrogens is 314 g/mol. The van der Waals surface area contributed by atoms with Gasteiger partial charge in [0.2, 0.25) is 0 Å². The SMILES string of the molecule is CCOc1ccc(NC(=O)NC2C[C@H]3CCC[C@H](C2)[NH+]3C(C)C)cc1. The average Bonchev–Trinajstić information content (AvgIpc) is 2.56. The summed E-state index contributed by atoms with van der Waals surface area (Å²) in [6, 6.07) is 9.79. The van der Waals surface area contributed by atoms with E-state index in [0.717, 1.165) is 24.3 Å². The number of carbonyl (C=O) groups excluding carboxylic acids is 1. The van der Waals surface area contributed by atoms with Gasteiger partial charge < -0.3 is 20.3 Å². The highest BCUT2D eigenvalue weighted by Gasteiger charge is 2.43. The van der Waals surface area contributed by atoms with Crippen LogP contribution in [0.3, 0.4) is 0 Å². The smallest absolute Gasteiger partial charge is 0.319 e. The summed E-state index contributed by atoms with van der Waals surface area (Å²) >= 11 is 0. The molecule has 2 bridgehead atoms. The van der Waals surface area contributed by atoms with Gasteiger partial charge in [0.15, 0.2) is 0 Å². The number of anilines is 1. The summed E-state index contributed by atoms with van der Waals surface area (Å²) in [7, 11) is 0. The van der Waals surface area contributed by atoms with Gasteiger partial charge in [-0.3, -0.25) is 0 Å². The van der Waals surface area contributed by atoms with Crippen LogP contribution in [0.4, 0.5) is 10.5 Å². The summed E-state index contributed by atoms with van der Waals surface area (Å²) < 4.78 is 5.43. The minimum Gasteiger partial charge on any atom is -0.494 e. The zero-order valence-corrected chi connectivity index (χ0v) is 15.7. The molecule has 0 aliphatic carbocycles. The van der Waals surface area contributed by atoms with E-state index in [1.165, 1.54) is 19.3 Å². The lowest BCUT2D eigenvalue weighted by Crippen LogP contribution is -3.23. The third kappa shape index (κ3) is 4.46. The fourth-order valence-corrected chi connectivity index (χ4v) is 4.78. The summed E-state index contributed by atoms with van der Waals surface area (Å²) in [5.74, 6) is 0.824. The van der Waals surface area contributed by atoms with Crippen LogP contribution in [0.25, 0.3) is 0 Å². The van der Waals surface area contributed by atoms with Gasteiger partial charge in [0, 0.05) is 24.6 Å². The zero-order chi connectivity index (χ0) is 17.8. The number of hydrogen-bond acceptors (Lipinski definition) is 2. The van der Waals surface area contributed by atoms with Gasteiger partial charge in [0.25, 0.3) is 0 Å². The molecule has 2 heterocycles. The molecule has 2 fully saturated rings. The molecule has 2 aliphatic rings. The lowest BCUT2D eigenvalue weighted by atomic mass is 9.81. The molecule has 0 unspecified atom stereocenters. The van der Waals surface area contributed by atoms with Crippen LogP contribution >= 0.6 is 0 Å². The number of fused-ring (bicyclic) bond motifs is 2. The highest BCUT2D eigenvalue weighted by molar-refractivity contribution is 5.89. The Labute approximate surface area is 151 Å². The van der Waals surface area contributed by atoms with Gasteiger partial charge in [-0.2, -0.15) is 0 Å². The Morgan fingerprint density at radius 2 is 1.84 bits per heavy atom. The fraction of sp³-hybridized carbons (Fsp3) is 0.650. The van der Waals surface area contributed by atoms with E-state index in [4.69, 9.17) is 4.74 Å². The molecule has 2 saturated heterocycles. The van der Waals surface area contributed by atoms with Crippen LogP contribution in [-0.2, 0) is 0 Å². The minimum atomic E-state index is -0.0970. The van der Waals surface area contributed by atoms with Gasteiger partial charge in [0.05, 0.1) is 24.7 Å². The highest BCUT2D eigenvalue weighted by Crippen LogP contribution is 2.23. The summed E-state index contributed by atoms with van der Waals surface area (Å²) in [6.45, 7) is 7.26. The van der Waals surface area contributed by atoms with E-state index in [0.29, 0.717) is 30.8 Å². The molecule has 1 aromatic carbocycles. The summed E-state index contributed by atoms with van der Waals surface area (Å²) in [4.78, 5) is 14.1. The van der Waals surface area contributed by atoms with Crippen molar-refractivity contribution in [1.82, 2.24) is 5.32 Å². The van der Waals surface area contributed by atoms with Gasteiger partial charge >= 0.3 is 6.03 Å². The lowest BCUT2D eigenvalue weighted by molar-refractivity contribution is -0.980. The molecule has 138 valence electrons. The van der Waals surface area contributed by atoms with Crippen LogP contribution in [0.2, 0.25) is 0 Å². The van der Waals surface area contributed by atoms with Gasteiger partial charge in [-0.25, -0.2) is 4.79 Å².